The van der Waals surface area contributed by atoms with Crippen LogP contribution in [0.2, 0.25) is 0 Å². The molecule has 2 N–H and O–H groups in total. The molecule has 2 amide bonds. The van der Waals surface area contributed by atoms with Crippen LogP contribution in [0, 0.1) is 18.8 Å². The van der Waals surface area contributed by atoms with Crippen molar-refractivity contribution in [1.82, 2.24) is 15.3 Å². The summed E-state index contributed by atoms with van der Waals surface area (Å²) in [6.45, 7) is 2.83. The first-order chi connectivity index (χ1) is 11.6. The highest BCUT2D eigenvalue weighted by atomic mass is 16.2. The number of rotatable bonds is 3. The van der Waals surface area contributed by atoms with Crippen molar-refractivity contribution in [3.8, 4) is 0 Å². The minimum Gasteiger partial charge on any atom is -0.355 e. The van der Waals surface area contributed by atoms with Crippen LogP contribution in [0.15, 0.2) is 36.4 Å². The first kappa shape index (κ1) is 14.6. The second-order valence-electron chi connectivity index (χ2n) is 6.12. The molecular weight excluding hydrogens is 306 g/mol. The molecule has 24 heavy (non-hydrogen) atoms. The predicted molar refractivity (Wildman–Crippen MR) is 88.8 cm³/mol. The molecule has 7 nitrogen and oxygen atoms in total. The Morgan fingerprint density at radius 1 is 1.08 bits per heavy atom. The molecule has 2 fully saturated rings. The van der Waals surface area contributed by atoms with Crippen molar-refractivity contribution in [1.29, 1.82) is 0 Å². The van der Waals surface area contributed by atoms with Crippen LogP contribution >= 0.6 is 0 Å². The molecule has 0 bridgehead atoms. The minimum atomic E-state index is -0.279. The van der Waals surface area contributed by atoms with Gasteiger partial charge in [-0.3, -0.25) is 14.9 Å². The number of carbonyl (C=O) groups excluding carboxylic acids is 2. The van der Waals surface area contributed by atoms with E-state index < -0.39 is 0 Å². The zero-order chi connectivity index (χ0) is 16.7. The average molecular weight is 323 g/mol. The Kier molecular flexibility index (Phi) is 3.41. The number of aryl methyl sites for hydroxylation is 1. The lowest BCUT2D eigenvalue weighted by Crippen LogP contribution is -2.31. The van der Waals surface area contributed by atoms with Gasteiger partial charge in [0.25, 0.3) is 0 Å². The lowest BCUT2D eigenvalue weighted by atomic mass is 10.00. The van der Waals surface area contributed by atoms with Gasteiger partial charge in [0.1, 0.15) is 17.5 Å². The maximum Gasteiger partial charge on any atom is 0.232 e. The van der Waals surface area contributed by atoms with E-state index in [2.05, 4.69) is 20.6 Å². The summed E-state index contributed by atoms with van der Waals surface area (Å²) >= 11 is 0. The van der Waals surface area contributed by atoms with Gasteiger partial charge in [-0.25, -0.2) is 9.97 Å². The number of benzene rings is 1. The second-order valence-corrected chi connectivity index (χ2v) is 6.12. The molecule has 0 radical (unpaired) electrons. The Morgan fingerprint density at radius 2 is 1.75 bits per heavy atom. The Balaban J connectivity index is 1.58. The molecular formula is C17H17N5O2. The molecule has 2 atom stereocenters. The van der Waals surface area contributed by atoms with E-state index in [1.54, 1.807) is 0 Å². The van der Waals surface area contributed by atoms with Crippen LogP contribution in [0.5, 0.6) is 0 Å². The van der Waals surface area contributed by atoms with E-state index in [4.69, 9.17) is 0 Å². The fourth-order valence-electron chi connectivity index (χ4n) is 3.28. The number of nitrogens with zero attached hydrogens (tertiary/aromatic N) is 3. The quantitative estimate of drug-likeness (QED) is 0.826. The molecule has 7 heteroatoms. The molecule has 2 aliphatic rings. The third-order valence-electron chi connectivity index (χ3n) is 4.43. The largest absolute Gasteiger partial charge is 0.355 e. The SMILES string of the molecule is Cc1nc(Nc2ccccc2)cc(N2C[C@@H]3C(=O)NC(=O)[C@@H]3C2)n1. The van der Waals surface area contributed by atoms with Crippen LogP contribution < -0.4 is 15.5 Å². The Bertz CT molecular complexity index is 786. The van der Waals surface area contributed by atoms with Crippen molar-refractivity contribution in [3.63, 3.8) is 0 Å². The van der Waals surface area contributed by atoms with Crippen molar-refractivity contribution in [3.05, 3.63) is 42.2 Å². The van der Waals surface area contributed by atoms with Crippen molar-refractivity contribution in [2.75, 3.05) is 23.3 Å². The molecule has 0 saturated carbocycles. The van der Waals surface area contributed by atoms with E-state index >= 15 is 0 Å². The predicted octanol–water partition coefficient (Wildman–Crippen LogP) is 1.24. The van der Waals surface area contributed by atoms with Crippen LogP contribution in [0.3, 0.4) is 0 Å². The second kappa shape index (κ2) is 5.59. The molecule has 1 aromatic heterocycles. The third-order valence-corrected chi connectivity index (χ3v) is 4.43. The lowest BCUT2D eigenvalue weighted by Gasteiger charge is -2.19. The first-order valence-electron chi connectivity index (χ1n) is 7.87. The van der Waals surface area contributed by atoms with Gasteiger partial charge in [0, 0.05) is 24.8 Å². The van der Waals surface area contributed by atoms with Gasteiger partial charge >= 0.3 is 0 Å². The topological polar surface area (TPSA) is 87.2 Å². The summed E-state index contributed by atoms with van der Waals surface area (Å²) in [5.74, 6) is 1.14. The smallest absolute Gasteiger partial charge is 0.232 e. The lowest BCUT2D eigenvalue weighted by molar-refractivity contribution is -0.126. The Hall–Kier alpha value is -2.96. The minimum absolute atomic E-state index is 0.180. The summed E-state index contributed by atoms with van der Waals surface area (Å²) in [4.78, 5) is 34.5. The molecule has 0 aliphatic carbocycles. The molecule has 2 aliphatic heterocycles. The van der Waals surface area contributed by atoms with Gasteiger partial charge < -0.3 is 10.2 Å². The maximum absolute atomic E-state index is 11.8. The van der Waals surface area contributed by atoms with E-state index in [9.17, 15) is 9.59 Å². The number of para-hydroxylation sites is 1. The monoisotopic (exact) mass is 323 g/mol. The number of aromatic nitrogens is 2. The number of hydrogen-bond donors (Lipinski definition) is 2. The van der Waals surface area contributed by atoms with Gasteiger partial charge in [-0.15, -0.1) is 0 Å². The number of hydrogen-bond acceptors (Lipinski definition) is 6. The number of fused-ring (bicyclic) bond motifs is 1. The molecule has 4 rings (SSSR count). The number of nitrogens with one attached hydrogen (secondary N) is 2. The number of carbonyl (C=O) groups is 2. The molecule has 122 valence electrons. The summed E-state index contributed by atoms with van der Waals surface area (Å²) in [6.07, 6.45) is 0. The van der Waals surface area contributed by atoms with E-state index in [0.29, 0.717) is 24.7 Å². The molecule has 1 aromatic carbocycles. The third kappa shape index (κ3) is 2.58. The average Bonchev–Trinajstić information content (AvgIpc) is 3.10. The maximum atomic E-state index is 11.8. The van der Waals surface area contributed by atoms with Crippen LogP contribution in [0.4, 0.5) is 17.3 Å². The van der Waals surface area contributed by atoms with Crippen molar-refractivity contribution in [2.45, 2.75) is 6.92 Å². The van der Waals surface area contributed by atoms with E-state index in [0.717, 1.165) is 11.5 Å². The summed E-state index contributed by atoms with van der Waals surface area (Å²) < 4.78 is 0. The van der Waals surface area contributed by atoms with E-state index in [1.807, 2.05) is 48.2 Å². The van der Waals surface area contributed by atoms with Crippen molar-refractivity contribution < 1.29 is 9.59 Å². The zero-order valence-corrected chi connectivity index (χ0v) is 13.2. The zero-order valence-electron chi connectivity index (χ0n) is 13.2. The standard InChI is InChI=1S/C17H17N5O2/c1-10-18-14(20-11-5-3-2-4-6-11)7-15(19-10)22-8-12-13(9-22)17(24)21-16(12)23/h2-7,12-13H,8-9H2,1H3,(H,18,19,20)(H,21,23,24)/t12-,13+. The summed E-state index contributed by atoms with van der Waals surface area (Å²) in [7, 11) is 0. The van der Waals surface area contributed by atoms with Gasteiger partial charge in [-0.2, -0.15) is 0 Å². The highest BCUT2D eigenvalue weighted by Crippen LogP contribution is 2.32. The molecule has 0 spiro atoms. The highest BCUT2D eigenvalue weighted by Gasteiger charge is 2.48. The molecule has 2 aromatic rings. The fourth-order valence-corrected chi connectivity index (χ4v) is 3.28. The Labute approximate surface area is 139 Å². The Morgan fingerprint density at radius 3 is 2.42 bits per heavy atom. The number of imide groups is 1. The number of anilines is 3. The fraction of sp³-hybridized carbons (Fsp3) is 0.294. The molecule has 3 heterocycles. The van der Waals surface area contributed by atoms with Gasteiger partial charge in [-0.1, -0.05) is 18.2 Å². The van der Waals surface area contributed by atoms with E-state index in [-0.39, 0.29) is 23.7 Å². The van der Waals surface area contributed by atoms with E-state index in [1.165, 1.54) is 0 Å². The molecule has 2 saturated heterocycles. The van der Waals surface area contributed by atoms with Crippen molar-refractivity contribution in [2.24, 2.45) is 11.8 Å². The summed E-state index contributed by atoms with van der Waals surface area (Å²) in [5.41, 5.74) is 0.939. The van der Waals surface area contributed by atoms with Gasteiger partial charge in [0.15, 0.2) is 0 Å². The van der Waals surface area contributed by atoms with Crippen LogP contribution in [0.25, 0.3) is 0 Å². The summed E-state index contributed by atoms with van der Waals surface area (Å²) in [6, 6.07) is 11.6. The highest BCUT2D eigenvalue weighted by molar-refractivity contribution is 6.06. The van der Waals surface area contributed by atoms with Crippen LogP contribution in [0.1, 0.15) is 5.82 Å². The first-order valence-corrected chi connectivity index (χ1v) is 7.87. The normalized spacial score (nSPS) is 22.5. The number of amides is 2. The van der Waals surface area contributed by atoms with Gasteiger partial charge in [0.05, 0.1) is 11.8 Å². The van der Waals surface area contributed by atoms with Gasteiger partial charge in [0.2, 0.25) is 11.8 Å². The van der Waals surface area contributed by atoms with Crippen LogP contribution in [-0.2, 0) is 9.59 Å². The van der Waals surface area contributed by atoms with Crippen molar-refractivity contribution >= 4 is 29.1 Å². The van der Waals surface area contributed by atoms with Gasteiger partial charge in [-0.05, 0) is 19.1 Å². The molecule has 0 unspecified atom stereocenters. The van der Waals surface area contributed by atoms with Crippen LogP contribution in [-0.4, -0.2) is 34.9 Å². The summed E-state index contributed by atoms with van der Waals surface area (Å²) in [5, 5.41) is 5.65.